The van der Waals surface area contributed by atoms with Crippen molar-refractivity contribution in [3.63, 3.8) is 0 Å². The van der Waals surface area contributed by atoms with E-state index < -0.39 is 10.8 Å². The number of nitrogens with one attached hydrogen (secondary N) is 1. The van der Waals surface area contributed by atoms with Crippen molar-refractivity contribution in [2.75, 3.05) is 13.7 Å². The van der Waals surface area contributed by atoms with Crippen LogP contribution in [0.25, 0.3) is 0 Å². The fourth-order valence-corrected chi connectivity index (χ4v) is 4.79. The molecule has 4 heteroatoms. The van der Waals surface area contributed by atoms with Crippen molar-refractivity contribution in [3.05, 3.63) is 24.3 Å². The second-order valence-electron chi connectivity index (χ2n) is 5.60. The largest absolute Gasteiger partial charge is 0.497 e. The first-order valence-electron chi connectivity index (χ1n) is 7.43. The molecular weight excluding hydrogens is 270 g/mol. The van der Waals surface area contributed by atoms with Crippen LogP contribution in [0.4, 0.5) is 0 Å². The summed E-state index contributed by atoms with van der Waals surface area (Å²) in [6.07, 6.45) is 3.38. The van der Waals surface area contributed by atoms with Crippen LogP contribution in [0.1, 0.15) is 33.1 Å². The number of hydrogen-bond acceptors (Lipinski definition) is 3. The summed E-state index contributed by atoms with van der Waals surface area (Å²) in [6.45, 7) is 5.31. The van der Waals surface area contributed by atoms with Gasteiger partial charge in [-0.15, -0.1) is 0 Å². The quantitative estimate of drug-likeness (QED) is 0.907. The van der Waals surface area contributed by atoms with E-state index in [2.05, 4.69) is 19.2 Å². The third-order valence-electron chi connectivity index (χ3n) is 4.07. The predicted molar refractivity (Wildman–Crippen MR) is 83.7 cm³/mol. The van der Waals surface area contributed by atoms with Crippen LogP contribution in [-0.4, -0.2) is 29.2 Å². The van der Waals surface area contributed by atoms with Crippen LogP contribution in [0, 0.1) is 5.92 Å². The third kappa shape index (κ3) is 3.61. The molecule has 0 aromatic heterocycles. The number of methoxy groups -OCH3 is 1. The minimum atomic E-state index is -0.976. The van der Waals surface area contributed by atoms with Gasteiger partial charge in [-0.2, -0.15) is 0 Å². The standard InChI is InChI=1S/C16H25NO2S/c1-4-17-15-9-8-12(2)10-16(15)20(18)14-7-5-6-13(11-14)19-3/h5-7,11-12,15-17H,4,8-10H2,1-3H3. The Kier molecular flexibility index (Phi) is 5.61. The van der Waals surface area contributed by atoms with Crippen molar-refractivity contribution in [2.24, 2.45) is 5.92 Å². The van der Waals surface area contributed by atoms with E-state index in [9.17, 15) is 4.21 Å². The van der Waals surface area contributed by atoms with E-state index in [1.165, 1.54) is 6.42 Å². The molecule has 0 saturated heterocycles. The lowest BCUT2D eigenvalue weighted by molar-refractivity contribution is 0.316. The molecule has 0 amide bonds. The van der Waals surface area contributed by atoms with Gasteiger partial charge in [0, 0.05) is 10.9 Å². The maximum Gasteiger partial charge on any atom is 0.120 e. The third-order valence-corrected chi connectivity index (χ3v) is 5.86. The number of hydrogen-bond donors (Lipinski definition) is 1. The highest BCUT2D eigenvalue weighted by Gasteiger charge is 2.33. The molecule has 20 heavy (non-hydrogen) atoms. The van der Waals surface area contributed by atoms with Gasteiger partial charge in [0.2, 0.25) is 0 Å². The van der Waals surface area contributed by atoms with Crippen LogP contribution in [0.5, 0.6) is 5.75 Å². The highest BCUT2D eigenvalue weighted by molar-refractivity contribution is 7.85. The average molecular weight is 295 g/mol. The van der Waals surface area contributed by atoms with Crippen molar-refractivity contribution in [1.82, 2.24) is 5.32 Å². The van der Waals surface area contributed by atoms with Crippen LogP contribution in [0.2, 0.25) is 0 Å². The van der Waals surface area contributed by atoms with E-state index in [1.54, 1.807) is 7.11 Å². The van der Waals surface area contributed by atoms with Crippen molar-refractivity contribution in [1.29, 1.82) is 0 Å². The van der Waals surface area contributed by atoms with Crippen LogP contribution in [0.3, 0.4) is 0 Å². The Labute approximate surface area is 124 Å². The summed E-state index contributed by atoms with van der Waals surface area (Å²) in [5.41, 5.74) is 0. The van der Waals surface area contributed by atoms with Crippen LogP contribution < -0.4 is 10.1 Å². The molecule has 1 N–H and O–H groups in total. The van der Waals surface area contributed by atoms with Gasteiger partial charge in [-0.25, -0.2) is 0 Å². The van der Waals surface area contributed by atoms with Gasteiger partial charge >= 0.3 is 0 Å². The summed E-state index contributed by atoms with van der Waals surface area (Å²) in [5.74, 6) is 1.43. The number of benzene rings is 1. The van der Waals surface area contributed by atoms with Crippen molar-refractivity contribution >= 4 is 10.8 Å². The normalized spacial score (nSPS) is 28.1. The van der Waals surface area contributed by atoms with Gasteiger partial charge in [-0.3, -0.25) is 4.21 Å². The van der Waals surface area contributed by atoms with E-state index in [0.29, 0.717) is 12.0 Å². The fraction of sp³-hybridized carbons (Fsp3) is 0.625. The van der Waals surface area contributed by atoms with Crippen LogP contribution >= 0.6 is 0 Å². The van der Waals surface area contributed by atoms with Gasteiger partial charge in [-0.05, 0) is 49.9 Å². The minimum Gasteiger partial charge on any atom is -0.497 e. The molecule has 3 nitrogen and oxygen atoms in total. The Hall–Kier alpha value is -0.870. The Morgan fingerprint density at radius 3 is 2.90 bits per heavy atom. The van der Waals surface area contributed by atoms with Gasteiger partial charge < -0.3 is 10.1 Å². The molecule has 1 saturated carbocycles. The molecule has 1 aliphatic rings. The Bertz CT molecular complexity index is 464. The monoisotopic (exact) mass is 295 g/mol. The fourth-order valence-electron chi connectivity index (χ4n) is 2.96. The Morgan fingerprint density at radius 1 is 1.40 bits per heavy atom. The van der Waals surface area contributed by atoms with Crippen LogP contribution in [0.15, 0.2) is 29.2 Å². The summed E-state index contributed by atoms with van der Waals surface area (Å²) >= 11 is 0. The molecular formula is C16H25NO2S. The molecule has 1 aliphatic carbocycles. The summed E-state index contributed by atoms with van der Waals surface area (Å²) in [7, 11) is 0.669. The van der Waals surface area contributed by atoms with Crippen molar-refractivity contribution in [2.45, 2.75) is 49.3 Å². The highest BCUT2D eigenvalue weighted by Crippen LogP contribution is 2.31. The van der Waals surface area contributed by atoms with Crippen LogP contribution in [-0.2, 0) is 10.8 Å². The van der Waals surface area contributed by atoms with Gasteiger partial charge in [0.15, 0.2) is 0 Å². The molecule has 0 bridgehead atoms. The molecule has 0 spiro atoms. The lowest BCUT2D eigenvalue weighted by atomic mass is 9.87. The van der Waals surface area contributed by atoms with E-state index >= 15 is 0 Å². The van der Waals surface area contributed by atoms with Crippen molar-refractivity contribution in [3.8, 4) is 5.75 Å². The number of ether oxygens (including phenoxy) is 1. The molecule has 1 aromatic rings. The minimum absolute atomic E-state index is 0.200. The Morgan fingerprint density at radius 2 is 2.20 bits per heavy atom. The summed E-state index contributed by atoms with van der Waals surface area (Å²) in [4.78, 5) is 0.881. The highest BCUT2D eigenvalue weighted by atomic mass is 32.2. The first-order chi connectivity index (χ1) is 9.65. The molecule has 112 valence electrons. The topological polar surface area (TPSA) is 38.3 Å². The zero-order valence-electron chi connectivity index (χ0n) is 12.6. The molecule has 0 aliphatic heterocycles. The summed E-state index contributed by atoms with van der Waals surface area (Å²) < 4.78 is 18.2. The maximum atomic E-state index is 12.9. The van der Waals surface area contributed by atoms with Gasteiger partial charge in [0.25, 0.3) is 0 Å². The van der Waals surface area contributed by atoms with E-state index in [1.807, 2.05) is 24.3 Å². The molecule has 1 fully saturated rings. The first-order valence-corrected chi connectivity index (χ1v) is 8.65. The molecule has 4 atom stereocenters. The predicted octanol–water partition coefficient (Wildman–Crippen LogP) is 2.97. The second kappa shape index (κ2) is 7.23. The zero-order chi connectivity index (χ0) is 14.5. The van der Waals surface area contributed by atoms with E-state index in [0.717, 1.165) is 30.0 Å². The average Bonchev–Trinajstić information content (AvgIpc) is 2.48. The molecule has 4 unspecified atom stereocenters. The molecule has 2 rings (SSSR count). The summed E-state index contributed by atoms with van der Waals surface area (Å²) in [6, 6.07) is 8.02. The van der Waals surface area contributed by atoms with Gasteiger partial charge in [0.1, 0.15) is 5.75 Å². The Balaban J connectivity index is 2.19. The summed E-state index contributed by atoms with van der Waals surface area (Å²) in [5, 5.41) is 3.71. The lowest BCUT2D eigenvalue weighted by Crippen LogP contribution is -2.45. The SMILES string of the molecule is CCNC1CCC(C)CC1S(=O)c1cccc(OC)c1. The van der Waals surface area contributed by atoms with Crippen molar-refractivity contribution < 1.29 is 8.95 Å². The lowest BCUT2D eigenvalue weighted by Gasteiger charge is -2.34. The molecule has 0 heterocycles. The maximum absolute atomic E-state index is 12.9. The van der Waals surface area contributed by atoms with E-state index in [-0.39, 0.29) is 5.25 Å². The molecule has 1 aromatic carbocycles. The first kappa shape index (κ1) is 15.5. The smallest absolute Gasteiger partial charge is 0.120 e. The second-order valence-corrected chi connectivity index (χ2v) is 7.27. The van der Waals surface area contributed by atoms with Gasteiger partial charge in [0.05, 0.1) is 23.2 Å². The zero-order valence-corrected chi connectivity index (χ0v) is 13.4. The molecule has 0 radical (unpaired) electrons. The van der Waals surface area contributed by atoms with E-state index in [4.69, 9.17) is 4.74 Å². The van der Waals surface area contributed by atoms with Gasteiger partial charge in [-0.1, -0.05) is 19.9 Å². The number of rotatable bonds is 5.